The van der Waals surface area contributed by atoms with Crippen LogP contribution in [0.25, 0.3) is 0 Å². The summed E-state index contributed by atoms with van der Waals surface area (Å²) in [6.45, 7) is 2.34. The number of benzene rings is 2. The Hall–Kier alpha value is -2.34. The number of nitrogens with one attached hydrogen (secondary N) is 1. The van der Waals surface area contributed by atoms with Crippen molar-refractivity contribution in [1.29, 1.82) is 0 Å². The highest BCUT2D eigenvalue weighted by atomic mass is 19.4. The van der Waals surface area contributed by atoms with E-state index in [4.69, 9.17) is 4.74 Å². The van der Waals surface area contributed by atoms with Crippen LogP contribution in [0.15, 0.2) is 54.6 Å². The first-order chi connectivity index (χ1) is 11.9. The summed E-state index contributed by atoms with van der Waals surface area (Å²) in [6.07, 6.45) is -4.49. The molecule has 6 heteroatoms. The van der Waals surface area contributed by atoms with Gasteiger partial charge in [0.1, 0.15) is 6.10 Å². The summed E-state index contributed by atoms with van der Waals surface area (Å²) >= 11 is 0. The van der Waals surface area contributed by atoms with Gasteiger partial charge in [-0.05, 0) is 36.6 Å². The second-order valence-corrected chi connectivity index (χ2v) is 5.67. The van der Waals surface area contributed by atoms with Crippen LogP contribution in [0, 0.1) is 0 Å². The molecule has 1 unspecified atom stereocenters. The molecule has 2 aromatic rings. The van der Waals surface area contributed by atoms with E-state index < -0.39 is 17.8 Å². The molecule has 1 atom stereocenters. The molecule has 0 fully saturated rings. The average molecular weight is 351 g/mol. The number of ether oxygens (including phenoxy) is 1. The Balaban J connectivity index is 1.72. The van der Waals surface area contributed by atoms with E-state index in [-0.39, 0.29) is 5.91 Å². The molecule has 0 heterocycles. The number of hydrogen-bond acceptors (Lipinski definition) is 2. The molecule has 0 aliphatic carbocycles. The zero-order valence-corrected chi connectivity index (χ0v) is 13.8. The van der Waals surface area contributed by atoms with Crippen molar-refractivity contribution >= 4 is 5.91 Å². The van der Waals surface area contributed by atoms with Crippen LogP contribution in [-0.2, 0) is 28.7 Å². The molecule has 0 saturated heterocycles. The molecule has 0 aliphatic rings. The fraction of sp³-hybridized carbons (Fsp3) is 0.316. The third-order valence-electron chi connectivity index (χ3n) is 3.71. The Morgan fingerprint density at radius 2 is 1.68 bits per heavy atom. The van der Waals surface area contributed by atoms with Crippen LogP contribution in [-0.4, -0.2) is 18.6 Å². The van der Waals surface area contributed by atoms with Crippen molar-refractivity contribution < 1.29 is 22.7 Å². The van der Waals surface area contributed by atoms with Crippen LogP contribution < -0.4 is 5.32 Å². The van der Waals surface area contributed by atoms with Crippen molar-refractivity contribution in [3.05, 3.63) is 71.3 Å². The summed E-state index contributed by atoms with van der Waals surface area (Å²) in [5, 5.41) is 2.73. The molecule has 0 aromatic heterocycles. The Morgan fingerprint density at radius 3 is 2.28 bits per heavy atom. The Morgan fingerprint density at radius 1 is 1.04 bits per heavy atom. The monoisotopic (exact) mass is 351 g/mol. The second-order valence-electron chi connectivity index (χ2n) is 5.67. The predicted molar refractivity (Wildman–Crippen MR) is 88.9 cm³/mol. The average Bonchev–Trinajstić information content (AvgIpc) is 2.60. The summed E-state index contributed by atoms with van der Waals surface area (Å²) in [5.74, 6) is -0.247. The topological polar surface area (TPSA) is 38.3 Å². The van der Waals surface area contributed by atoms with Crippen LogP contribution >= 0.6 is 0 Å². The molecule has 0 radical (unpaired) electrons. The van der Waals surface area contributed by atoms with Crippen LogP contribution in [0.3, 0.4) is 0 Å². The first kappa shape index (κ1) is 19.0. The van der Waals surface area contributed by atoms with Crippen molar-refractivity contribution in [3.8, 4) is 0 Å². The molecule has 0 aliphatic heterocycles. The van der Waals surface area contributed by atoms with Gasteiger partial charge in [0.15, 0.2) is 0 Å². The number of amides is 1. The molecule has 2 aromatic carbocycles. The van der Waals surface area contributed by atoms with E-state index in [0.717, 1.165) is 23.3 Å². The molecule has 2 rings (SSSR count). The molecule has 0 bridgehead atoms. The molecule has 0 spiro atoms. The minimum atomic E-state index is -4.34. The van der Waals surface area contributed by atoms with Gasteiger partial charge in [0.2, 0.25) is 5.91 Å². The lowest BCUT2D eigenvalue weighted by Gasteiger charge is -2.13. The van der Waals surface area contributed by atoms with Crippen molar-refractivity contribution in [1.82, 2.24) is 5.32 Å². The maximum absolute atomic E-state index is 12.5. The van der Waals surface area contributed by atoms with Gasteiger partial charge in [-0.15, -0.1) is 0 Å². The Labute approximate surface area is 144 Å². The summed E-state index contributed by atoms with van der Waals surface area (Å²) in [4.78, 5) is 12.0. The number of rotatable bonds is 7. The van der Waals surface area contributed by atoms with Gasteiger partial charge in [0, 0.05) is 6.54 Å². The Bertz CT molecular complexity index is 669. The summed E-state index contributed by atoms with van der Waals surface area (Å²) in [6, 6.07) is 14.5. The van der Waals surface area contributed by atoms with Crippen LogP contribution in [0.2, 0.25) is 0 Å². The van der Waals surface area contributed by atoms with E-state index in [1.54, 1.807) is 6.92 Å². The number of carbonyl (C=O) groups excluding carboxylic acids is 1. The summed E-state index contributed by atoms with van der Waals surface area (Å²) in [5.41, 5.74) is 1.03. The van der Waals surface area contributed by atoms with Gasteiger partial charge in [-0.2, -0.15) is 13.2 Å². The number of halogens is 3. The van der Waals surface area contributed by atoms with Crippen molar-refractivity contribution in [2.45, 2.75) is 32.2 Å². The lowest BCUT2D eigenvalue weighted by atomic mass is 10.1. The van der Waals surface area contributed by atoms with Gasteiger partial charge in [-0.25, -0.2) is 0 Å². The zero-order chi connectivity index (χ0) is 18.3. The van der Waals surface area contributed by atoms with Gasteiger partial charge in [-0.1, -0.05) is 42.5 Å². The van der Waals surface area contributed by atoms with E-state index >= 15 is 0 Å². The quantitative estimate of drug-likeness (QED) is 0.820. The van der Waals surface area contributed by atoms with Gasteiger partial charge < -0.3 is 10.1 Å². The smallest absolute Gasteiger partial charge is 0.364 e. The fourth-order valence-electron chi connectivity index (χ4n) is 2.21. The fourth-order valence-corrected chi connectivity index (χ4v) is 2.21. The molecular weight excluding hydrogens is 331 g/mol. The lowest BCUT2D eigenvalue weighted by molar-refractivity contribution is -0.137. The number of hydrogen-bond donors (Lipinski definition) is 1. The van der Waals surface area contributed by atoms with Crippen LogP contribution in [0.4, 0.5) is 13.2 Å². The maximum atomic E-state index is 12.5. The second kappa shape index (κ2) is 8.67. The molecule has 1 N–H and O–H groups in total. The summed E-state index contributed by atoms with van der Waals surface area (Å²) < 4.78 is 43.0. The maximum Gasteiger partial charge on any atom is 0.416 e. The molecule has 25 heavy (non-hydrogen) atoms. The van der Waals surface area contributed by atoms with Crippen molar-refractivity contribution in [3.63, 3.8) is 0 Å². The van der Waals surface area contributed by atoms with E-state index in [2.05, 4.69) is 5.32 Å². The normalized spacial score (nSPS) is 12.6. The van der Waals surface area contributed by atoms with Crippen molar-refractivity contribution in [2.24, 2.45) is 0 Å². The van der Waals surface area contributed by atoms with E-state index in [1.165, 1.54) is 12.1 Å². The van der Waals surface area contributed by atoms with E-state index in [9.17, 15) is 18.0 Å². The minimum absolute atomic E-state index is 0.247. The minimum Gasteiger partial charge on any atom is -0.364 e. The summed E-state index contributed by atoms with van der Waals surface area (Å²) in [7, 11) is 0. The number of carbonyl (C=O) groups is 1. The highest BCUT2D eigenvalue weighted by Crippen LogP contribution is 2.29. The first-order valence-electron chi connectivity index (χ1n) is 7.95. The molecule has 134 valence electrons. The van der Waals surface area contributed by atoms with E-state index in [1.807, 2.05) is 30.3 Å². The van der Waals surface area contributed by atoms with Crippen LogP contribution in [0.1, 0.15) is 23.6 Å². The van der Waals surface area contributed by atoms with Gasteiger partial charge in [0.05, 0.1) is 12.2 Å². The van der Waals surface area contributed by atoms with Gasteiger partial charge >= 0.3 is 6.18 Å². The number of alkyl halides is 3. The molecule has 1 amide bonds. The lowest BCUT2D eigenvalue weighted by Crippen LogP contribution is -2.35. The van der Waals surface area contributed by atoms with Gasteiger partial charge in [-0.3, -0.25) is 4.79 Å². The highest BCUT2D eigenvalue weighted by molar-refractivity contribution is 5.80. The highest BCUT2D eigenvalue weighted by Gasteiger charge is 2.29. The standard InChI is InChI=1S/C19H20F3NO2/c1-14(25-13-16-5-3-2-4-6-16)18(24)23-12-11-15-7-9-17(10-8-15)19(20,21)22/h2-10,14H,11-13H2,1H3,(H,23,24). The first-order valence-corrected chi connectivity index (χ1v) is 7.95. The molecular formula is C19H20F3NO2. The van der Waals surface area contributed by atoms with Crippen molar-refractivity contribution in [2.75, 3.05) is 6.54 Å². The third-order valence-corrected chi connectivity index (χ3v) is 3.71. The predicted octanol–water partition coefficient (Wildman–Crippen LogP) is 3.97. The molecule has 0 saturated carbocycles. The van der Waals surface area contributed by atoms with Crippen LogP contribution in [0.5, 0.6) is 0 Å². The zero-order valence-electron chi connectivity index (χ0n) is 13.8. The Kier molecular flexibility index (Phi) is 6.58. The largest absolute Gasteiger partial charge is 0.416 e. The van der Waals surface area contributed by atoms with E-state index in [0.29, 0.717) is 19.6 Å². The SMILES string of the molecule is CC(OCc1ccccc1)C(=O)NCCc1ccc(C(F)(F)F)cc1. The third kappa shape index (κ3) is 6.23. The molecule has 3 nitrogen and oxygen atoms in total. The van der Waals surface area contributed by atoms with Gasteiger partial charge in [0.25, 0.3) is 0 Å².